The quantitative estimate of drug-likeness (QED) is 0.130. The highest BCUT2D eigenvalue weighted by molar-refractivity contribution is 5.93. The number of hydrogen-bond donors (Lipinski definition) is 2. The summed E-state index contributed by atoms with van der Waals surface area (Å²) in [5.41, 5.74) is 5.22. The Hall–Kier alpha value is -6.06. The molecule has 8 rings (SSSR count). The molecule has 10 nitrogen and oxygen atoms in total. The van der Waals surface area contributed by atoms with Gasteiger partial charge in [-0.3, -0.25) is 0 Å². The second kappa shape index (κ2) is 18.3. The standard InChI is InChI=1S/2C25H27F3N2O3/c2*1-15-10-18(14-24(2,3)13-15)30-21-9-6-17(23(31)32)12-20(21)29-22(30)11-16-4-7-19(8-5-16)33-25(26,27)28/h2*4-9,12,15,18H,10-11,13-14H2,1-3H3,(H,31,32)/t2*15-,18+/m10/s1. The highest BCUT2D eigenvalue weighted by atomic mass is 19.4. The third kappa shape index (κ3) is 11.8. The Labute approximate surface area is 378 Å². The van der Waals surface area contributed by atoms with Crippen molar-refractivity contribution in [3.8, 4) is 11.5 Å². The molecule has 0 spiro atoms. The fraction of sp³-hybridized carbons (Fsp3) is 0.440. The molecule has 16 heteroatoms. The number of fused-ring (bicyclic) bond motifs is 2. The van der Waals surface area contributed by atoms with E-state index in [1.54, 1.807) is 48.5 Å². The number of aromatic carboxylic acids is 2. The van der Waals surface area contributed by atoms with E-state index in [0.29, 0.717) is 35.7 Å². The molecule has 2 aliphatic carbocycles. The van der Waals surface area contributed by atoms with Crippen molar-refractivity contribution in [2.75, 3.05) is 0 Å². The molecule has 0 unspecified atom stereocenters. The smallest absolute Gasteiger partial charge is 0.478 e. The van der Waals surface area contributed by atoms with E-state index in [1.807, 2.05) is 12.1 Å². The number of alkyl halides is 6. The summed E-state index contributed by atoms with van der Waals surface area (Å²) in [6.45, 7) is 13.5. The fourth-order valence-corrected chi connectivity index (χ4v) is 10.6. The number of carboxylic acids is 2. The van der Waals surface area contributed by atoms with Crippen LogP contribution in [0.1, 0.15) is 136 Å². The molecule has 6 aromatic rings. The maximum atomic E-state index is 12.5. The van der Waals surface area contributed by atoms with Gasteiger partial charge in [0, 0.05) is 24.9 Å². The van der Waals surface area contributed by atoms with Crippen molar-refractivity contribution in [1.82, 2.24) is 19.1 Å². The Morgan fingerprint density at radius 2 is 0.939 bits per heavy atom. The van der Waals surface area contributed by atoms with Gasteiger partial charge in [0.1, 0.15) is 23.1 Å². The predicted molar refractivity (Wildman–Crippen MR) is 237 cm³/mol. The molecule has 4 atom stereocenters. The van der Waals surface area contributed by atoms with E-state index in [0.717, 1.165) is 72.3 Å². The lowest BCUT2D eigenvalue weighted by Crippen LogP contribution is -2.30. The molecule has 2 aliphatic rings. The Bertz CT molecular complexity index is 2520. The summed E-state index contributed by atoms with van der Waals surface area (Å²) in [6, 6.07) is 21.9. The first-order valence-electron chi connectivity index (χ1n) is 22.0. The van der Waals surface area contributed by atoms with E-state index in [9.17, 15) is 46.1 Å². The van der Waals surface area contributed by atoms with Gasteiger partial charge in [-0.2, -0.15) is 0 Å². The Morgan fingerprint density at radius 3 is 1.24 bits per heavy atom. The monoisotopic (exact) mass is 920 g/mol. The van der Waals surface area contributed by atoms with Crippen LogP contribution in [0.4, 0.5) is 26.3 Å². The lowest BCUT2D eigenvalue weighted by atomic mass is 9.70. The van der Waals surface area contributed by atoms with Gasteiger partial charge in [0.25, 0.3) is 0 Å². The normalized spacial score (nSPS) is 20.7. The van der Waals surface area contributed by atoms with Crippen LogP contribution in [0.2, 0.25) is 0 Å². The minimum Gasteiger partial charge on any atom is -0.478 e. The number of nitrogens with zero attached hydrogens (tertiary/aromatic N) is 4. The van der Waals surface area contributed by atoms with Crippen LogP contribution in [0.25, 0.3) is 22.1 Å². The number of rotatable bonds is 10. The van der Waals surface area contributed by atoms with Crippen LogP contribution < -0.4 is 9.47 Å². The van der Waals surface area contributed by atoms with Crippen LogP contribution >= 0.6 is 0 Å². The van der Waals surface area contributed by atoms with Gasteiger partial charge >= 0.3 is 24.7 Å². The first-order chi connectivity index (χ1) is 30.8. The lowest BCUT2D eigenvalue weighted by molar-refractivity contribution is -0.275. The molecule has 2 N–H and O–H groups in total. The summed E-state index contributed by atoms with van der Waals surface area (Å²) in [5, 5.41) is 18.8. The van der Waals surface area contributed by atoms with Gasteiger partial charge in [-0.05, 0) is 133 Å². The summed E-state index contributed by atoms with van der Waals surface area (Å²) in [6.07, 6.45) is -2.47. The third-order valence-electron chi connectivity index (χ3n) is 12.5. The number of carboxylic acid groups (broad SMARTS) is 2. The zero-order chi connectivity index (χ0) is 47.9. The second-order valence-electron chi connectivity index (χ2n) is 19.7. The second-order valence-corrected chi connectivity index (χ2v) is 19.7. The van der Waals surface area contributed by atoms with Crippen LogP contribution in [-0.4, -0.2) is 54.0 Å². The number of hydrogen-bond acceptors (Lipinski definition) is 6. The average molecular weight is 921 g/mol. The zero-order valence-corrected chi connectivity index (χ0v) is 37.6. The molecular weight excluding hydrogens is 867 g/mol. The highest BCUT2D eigenvalue weighted by Gasteiger charge is 2.37. The Kier molecular flexibility index (Phi) is 13.3. The number of ether oxygens (including phenoxy) is 2. The molecule has 2 aromatic heterocycles. The van der Waals surface area contributed by atoms with Crippen LogP contribution in [0.3, 0.4) is 0 Å². The van der Waals surface area contributed by atoms with Gasteiger partial charge in [0.15, 0.2) is 0 Å². The Balaban J connectivity index is 0.000000196. The van der Waals surface area contributed by atoms with E-state index in [4.69, 9.17) is 9.97 Å². The van der Waals surface area contributed by atoms with Crippen molar-refractivity contribution in [2.24, 2.45) is 22.7 Å². The summed E-state index contributed by atoms with van der Waals surface area (Å²) in [4.78, 5) is 32.5. The molecule has 2 heterocycles. The highest BCUT2D eigenvalue weighted by Crippen LogP contribution is 2.47. The fourth-order valence-electron chi connectivity index (χ4n) is 10.6. The van der Waals surface area contributed by atoms with E-state index in [1.165, 1.54) is 24.3 Å². The molecule has 352 valence electrons. The van der Waals surface area contributed by atoms with Crippen LogP contribution in [0.5, 0.6) is 11.5 Å². The van der Waals surface area contributed by atoms with Crippen LogP contribution in [0.15, 0.2) is 84.9 Å². The van der Waals surface area contributed by atoms with E-state index >= 15 is 0 Å². The molecule has 0 aliphatic heterocycles. The summed E-state index contributed by atoms with van der Waals surface area (Å²) >= 11 is 0. The molecule has 2 fully saturated rings. The van der Waals surface area contributed by atoms with Crippen molar-refractivity contribution < 1.29 is 55.6 Å². The maximum Gasteiger partial charge on any atom is 0.573 e. The molecule has 4 aromatic carbocycles. The topological polar surface area (TPSA) is 129 Å². The van der Waals surface area contributed by atoms with Crippen molar-refractivity contribution in [3.05, 3.63) is 119 Å². The summed E-state index contributed by atoms with van der Waals surface area (Å²) in [5.74, 6) is 0.0323. The summed E-state index contributed by atoms with van der Waals surface area (Å²) < 4.78 is 87.2. The van der Waals surface area contributed by atoms with E-state index in [2.05, 4.69) is 60.2 Å². The molecule has 0 amide bonds. The Morgan fingerprint density at radius 1 is 0.591 bits per heavy atom. The SMILES string of the molecule is C[C@@H]1C[C@H](n2c(Cc3ccc(OC(F)(F)F)cc3)nc3cc(C(=O)O)ccc32)CC(C)(C)C1.C[C@H]1C[C@@H](n2c(Cc3ccc(OC(F)(F)F)cc3)nc3cc(C(=O)O)ccc32)CC(C)(C)C1. The van der Waals surface area contributed by atoms with Gasteiger partial charge < -0.3 is 28.8 Å². The number of benzene rings is 4. The lowest BCUT2D eigenvalue weighted by Gasteiger charge is -2.40. The first-order valence-corrected chi connectivity index (χ1v) is 22.0. The zero-order valence-electron chi connectivity index (χ0n) is 37.6. The van der Waals surface area contributed by atoms with Crippen LogP contribution in [-0.2, 0) is 12.8 Å². The minimum absolute atomic E-state index is 0.160. The van der Waals surface area contributed by atoms with Gasteiger partial charge in [-0.1, -0.05) is 65.8 Å². The number of halogens is 6. The number of carbonyl (C=O) groups is 2. The third-order valence-corrected chi connectivity index (χ3v) is 12.5. The van der Waals surface area contributed by atoms with Crippen molar-refractivity contribution in [3.63, 3.8) is 0 Å². The van der Waals surface area contributed by atoms with Crippen molar-refractivity contribution >= 4 is 34.0 Å². The minimum atomic E-state index is -4.73. The summed E-state index contributed by atoms with van der Waals surface area (Å²) in [7, 11) is 0. The maximum absolute atomic E-state index is 12.5. The molecular formula is C50H54F6N4O6. The van der Waals surface area contributed by atoms with Gasteiger partial charge in [-0.15, -0.1) is 26.3 Å². The van der Waals surface area contributed by atoms with Gasteiger partial charge in [-0.25, -0.2) is 19.6 Å². The molecule has 0 radical (unpaired) electrons. The predicted octanol–water partition coefficient (Wildman–Crippen LogP) is 13.2. The van der Waals surface area contributed by atoms with Crippen LogP contribution in [0, 0.1) is 22.7 Å². The largest absolute Gasteiger partial charge is 0.573 e. The average Bonchev–Trinajstić information content (AvgIpc) is 3.73. The van der Waals surface area contributed by atoms with Crippen molar-refractivity contribution in [2.45, 2.75) is 118 Å². The molecule has 0 bridgehead atoms. The first kappa shape index (κ1) is 47.9. The molecule has 66 heavy (non-hydrogen) atoms. The molecule has 2 saturated carbocycles. The van der Waals surface area contributed by atoms with E-state index in [-0.39, 0.29) is 45.5 Å². The number of imidazole rings is 2. The molecule has 0 saturated heterocycles. The van der Waals surface area contributed by atoms with Crippen molar-refractivity contribution in [1.29, 1.82) is 0 Å². The number of aromatic nitrogens is 4. The van der Waals surface area contributed by atoms with E-state index < -0.39 is 24.7 Å². The van der Waals surface area contributed by atoms with Gasteiger partial charge in [0.2, 0.25) is 0 Å². The van der Waals surface area contributed by atoms with Gasteiger partial charge in [0.05, 0.1) is 33.2 Å².